The van der Waals surface area contributed by atoms with E-state index in [9.17, 15) is 0 Å². The van der Waals surface area contributed by atoms with E-state index in [0.717, 1.165) is 6.42 Å². The van der Waals surface area contributed by atoms with E-state index in [1.807, 2.05) is 0 Å². The maximum atomic E-state index is 3.83. The minimum absolute atomic E-state index is 0.00158. The van der Waals surface area contributed by atoms with Gasteiger partial charge in [0.15, 0.2) is 0 Å². The van der Waals surface area contributed by atoms with Crippen LogP contribution in [0.25, 0.3) is 6.08 Å². The summed E-state index contributed by atoms with van der Waals surface area (Å²) >= 11 is 0. The molecule has 0 bridgehead atoms. The highest BCUT2D eigenvalue weighted by molar-refractivity contribution is 5.68. The zero-order valence-corrected chi connectivity index (χ0v) is 15.8. The number of rotatable bonds is 0. The Kier molecular flexibility index (Phi) is 4.07. The maximum Gasteiger partial charge on any atom is 0.0418 e. The molecule has 0 aliphatic carbocycles. The van der Waals surface area contributed by atoms with Crippen LogP contribution in [0, 0.1) is 13.8 Å². The molecule has 1 N–H and O–H groups in total. The van der Waals surface area contributed by atoms with Crippen LogP contribution < -0.4 is 5.32 Å². The Morgan fingerprint density at radius 3 is 2.42 bits per heavy atom. The van der Waals surface area contributed by atoms with E-state index in [1.54, 1.807) is 0 Å². The summed E-state index contributed by atoms with van der Waals surface area (Å²) in [6, 6.07) is 13.3. The molecule has 0 aromatic heterocycles. The summed E-state index contributed by atoms with van der Waals surface area (Å²) in [6.07, 6.45) is 5.52. The van der Waals surface area contributed by atoms with Gasteiger partial charge in [0, 0.05) is 16.6 Å². The fourth-order valence-electron chi connectivity index (χ4n) is 3.99. The lowest BCUT2D eigenvalue weighted by Gasteiger charge is -2.46. The van der Waals surface area contributed by atoms with Crippen molar-refractivity contribution < 1.29 is 0 Å². The van der Waals surface area contributed by atoms with Crippen LogP contribution >= 0.6 is 0 Å². The highest BCUT2D eigenvalue weighted by Gasteiger charge is 2.41. The lowest BCUT2D eigenvalue weighted by atomic mass is 9.66. The predicted molar refractivity (Wildman–Crippen MR) is 106 cm³/mol. The molecule has 0 spiro atoms. The Morgan fingerprint density at radius 2 is 1.67 bits per heavy atom. The molecular weight excluding hydrogens is 290 g/mol. The van der Waals surface area contributed by atoms with Gasteiger partial charge in [-0.15, -0.1) is 0 Å². The third-order valence-corrected chi connectivity index (χ3v) is 5.79. The number of nitrogens with one attached hydrogen (secondary N) is 1. The second kappa shape index (κ2) is 5.81. The Balaban J connectivity index is 2.26. The summed E-state index contributed by atoms with van der Waals surface area (Å²) in [5.74, 6) is 0. The number of fused-ring (bicyclic) bond motifs is 2. The van der Waals surface area contributed by atoms with E-state index < -0.39 is 0 Å². The number of benzene rings is 2. The Labute approximate surface area is 146 Å². The zero-order chi connectivity index (χ0) is 17.5. The average Bonchev–Trinajstić information content (AvgIpc) is 2.46. The van der Waals surface area contributed by atoms with Gasteiger partial charge in [0.1, 0.15) is 0 Å². The van der Waals surface area contributed by atoms with E-state index in [1.165, 1.54) is 33.5 Å². The Hall–Kier alpha value is -2.02. The summed E-state index contributed by atoms with van der Waals surface area (Å²) in [5.41, 5.74) is 8.05. The predicted octanol–water partition coefficient (Wildman–Crippen LogP) is 6.04. The molecule has 24 heavy (non-hydrogen) atoms. The molecule has 2 aromatic rings. The van der Waals surface area contributed by atoms with Gasteiger partial charge in [-0.2, -0.15) is 0 Å². The molecule has 0 unspecified atom stereocenters. The largest absolute Gasteiger partial charge is 0.379 e. The molecule has 0 fully saturated rings. The normalized spacial score (nSPS) is 19.6. The fourth-order valence-corrected chi connectivity index (χ4v) is 3.99. The SMILES string of the molecule is Cc1cc(C)c2c(c1)C/C=C\c1ccccc1NC(C)(C)C2(C)C. The summed E-state index contributed by atoms with van der Waals surface area (Å²) in [6.45, 7) is 13.8. The minimum atomic E-state index is -0.0803. The zero-order valence-electron chi connectivity index (χ0n) is 15.8. The quantitative estimate of drug-likeness (QED) is 0.624. The Bertz CT molecular complexity index is 794. The number of hydrogen-bond donors (Lipinski definition) is 1. The van der Waals surface area contributed by atoms with Gasteiger partial charge >= 0.3 is 0 Å². The average molecular weight is 319 g/mol. The van der Waals surface area contributed by atoms with Crippen molar-refractivity contribution in [2.75, 3.05) is 5.32 Å². The number of hydrogen-bond acceptors (Lipinski definition) is 1. The van der Waals surface area contributed by atoms with Gasteiger partial charge in [0.2, 0.25) is 0 Å². The first kappa shape index (κ1) is 16.8. The first-order valence-electron chi connectivity index (χ1n) is 8.87. The summed E-state index contributed by atoms with van der Waals surface area (Å²) in [7, 11) is 0. The van der Waals surface area contributed by atoms with E-state index in [2.05, 4.69) is 95.4 Å². The van der Waals surface area contributed by atoms with Crippen LogP contribution in [0.1, 0.15) is 55.5 Å². The van der Waals surface area contributed by atoms with E-state index in [0.29, 0.717) is 0 Å². The van der Waals surface area contributed by atoms with Crippen molar-refractivity contribution >= 4 is 11.8 Å². The highest BCUT2D eigenvalue weighted by Crippen LogP contribution is 2.42. The summed E-state index contributed by atoms with van der Waals surface area (Å²) < 4.78 is 0. The Morgan fingerprint density at radius 1 is 0.958 bits per heavy atom. The maximum absolute atomic E-state index is 3.83. The van der Waals surface area contributed by atoms with Gasteiger partial charge in [0.25, 0.3) is 0 Å². The van der Waals surface area contributed by atoms with Crippen molar-refractivity contribution in [3.05, 3.63) is 70.3 Å². The van der Waals surface area contributed by atoms with Crippen LogP contribution in [0.2, 0.25) is 0 Å². The van der Waals surface area contributed by atoms with Crippen LogP contribution in [-0.2, 0) is 11.8 Å². The lowest BCUT2D eigenvalue weighted by molar-refractivity contribution is 0.331. The second-order valence-corrected chi connectivity index (χ2v) is 8.18. The number of aryl methyl sites for hydroxylation is 2. The van der Waals surface area contributed by atoms with Gasteiger partial charge in [-0.1, -0.05) is 61.9 Å². The molecule has 1 aliphatic rings. The third-order valence-electron chi connectivity index (χ3n) is 5.79. The van der Waals surface area contributed by atoms with Crippen molar-refractivity contribution in [2.45, 2.75) is 58.9 Å². The molecule has 2 aromatic carbocycles. The van der Waals surface area contributed by atoms with Gasteiger partial charge in [-0.3, -0.25) is 0 Å². The topological polar surface area (TPSA) is 12.0 Å². The van der Waals surface area contributed by atoms with Gasteiger partial charge in [-0.05, 0) is 62.4 Å². The monoisotopic (exact) mass is 319 g/mol. The van der Waals surface area contributed by atoms with E-state index in [4.69, 9.17) is 0 Å². The smallest absolute Gasteiger partial charge is 0.0418 e. The van der Waals surface area contributed by atoms with Crippen molar-refractivity contribution in [1.82, 2.24) is 0 Å². The number of anilines is 1. The molecule has 1 aliphatic heterocycles. The van der Waals surface area contributed by atoms with Crippen LogP contribution in [0.15, 0.2) is 42.5 Å². The molecule has 1 nitrogen and oxygen atoms in total. The van der Waals surface area contributed by atoms with Crippen LogP contribution in [-0.4, -0.2) is 5.54 Å². The lowest BCUT2D eigenvalue weighted by Crippen LogP contribution is -2.50. The first-order chi connectivity index (χ1) is 11.2. The molecule has 0 atom stereocenters. The summed E-state index contributed by atoms with van der Waals surface area (Å²) in [5, 5.41) is 3.83. The van der Waals surface area contributed by atoms with Crippen LogP contribution in [0.4, 0.5) is 5.69 Å². The molecule has 0 saturated carbocycles. The molecule has 0 amide bonds. The molecule has 0 saturated heterocycles. The van der Waals surface area contributed by atoms with Crippen molar-refractivity contribution in [2.24, 2.45) is 0 Å². The molecule has 0 radical (unpaired) electrons. The van der Waals surface area contributed by atoms with Crippen molar-refractivity contribution in [1.29, 1.82) is 0 Å². The van der Waals surface area contributed by atoms with Gasteiger partial charge < -0.3 is 5.32 Å². The molecule has 1 heterocycles. The van der Waals surface area contributed by atoms with Crippen molar-refractivity contribution in [3.8, 4) is 0 Å². The summed E-state index contributed by atoms with van der Waals surface area (Å²) in [4.78, 5) is 0. The highest BCUT2D eigenvalue weighted by atomic mass is 15.0. The van der Waals surface area contributed by atoms with Gasteiger partial charge in [0.05, 0.1) is 0 Å². The van der Waals surface area contributed by atoms with E-state index >= 15 is 0 Å². The molecule has 126 valence electrons. The first-order valence-corrected chi connectivity index (χ1v) is 8.87. The molecular formula is C23H29N. The van der Waals surface area contributed by atoms with Crippen molar-refractivity contribution in [3.63, 3.8) is 0 Å². The third kappa shape index (κ3) is 2.77. The standard InChI is InChI=1S/C23H29N/c1-16-14-17(2)21-19(15-16)12-9-11-18-10-7-8-13-20(18)24-23(5,6)22(21,3)4/h7-11,13-15,24H,12H2,1-6H3/b11-9-. The molecule has 1 heteroatoms. The fraction of sp³-hybridized carbons (Fsp3) is 0.391. The van der Waals surface area contributed by atoms with E-state index in [-0.39, 0.29) is 11.0 Å². The second-order valence-electron chi connectivity index (χ2n) is 8.18. The number of allylic oxidation sites excluding steroid dienone is 1. The van der Waals surface area contributed by atoms with Gasteiger partial charge in [-0.25, -0.2) is 0 Å². The minimum Gasteiger partial charge on any atom is -0.379 e. The van der Waals surface area contributed by atoms with Crippen LogP contribution in [0.5, 0.6) is 0 Å². The molecule has 3 rings (SSSR count). The van der Waals surface area contributed by atoms with Crippen LogP contribution in [0.3, 0.4) is 0 Å². The number of para-hydroxylation sites is 1.